The van der Waals surface area contributed by atoms with Gasteiger partial charge in [0.1, 0.15) is 4.99 Å². The lowest BCUT2D eigenvalue weighted by Crippen LogP contribution is -2.31. The molecule has 3 amide bonds. The average Bonchev–Trinajstić information content (AvgIpc) is 3.07. The second kappa shape index (κ2) is 6.64. The van der Waals surface area contributed by atoms with Gasteiger partial charge in [-0.15, -0.1) is 0 Å². The summed E-state index contributed by atoms with van der Waals surface area (Å²) in [5.41, 5.74) is 2.34. The van der Waals surface area contributed by atoms with Crippen LogP contribution in [0.25, 0.3) is 6.08 Å². The first-order chi connectivity index (χ1) is 12.5. The van der Waals surface area contributed by atoms with Crippen LogP contribution < -0.4 is 10.2 Å². The molecule has 2 aliphatic heterocycles. The molecule has 0 unspecified atom stereocenters. The Kier molecular flexibility index (Phi) is 4.46. The lowest BCUT2D eigenvalue weighted by atomic mass is 9.93. The zero-order valence-corrected chi connectivity index (χ0v) is 15.9. The molecule has 0 spiro atoms. The number of thioether (sulfide) groups is 1. The van der Waals surface area contributed by atoms with E-state index in [-0.39, 0.29) is 17.1 Å². The van der Waals surface area contributed by atoms with Crippen molar-refractivity contribution in [1.82, 2.24) is 5.32 Å². The molecule has 2 heterocycles. The maximum Gasteiger partial charge on any atom is 0.289 e. The third kappa shape index (κ3) is 2.90. The quantitative estimate of drug-likeness (QED) is 0.454. The molecule has 5 nitrogen and oxygen atoms in total. The Balaban J connectivity index is 1.70. The van der Waals surface area contributed by atoms with Crippen LogP contribution in [0.3, 0.4) is 0 Å². The molecule has 3 aliphatic rings. The second-order valence-electron chi connectivity index (χ2n) is 6.17. The zero-order valence-electron chi connectivity index (χ0n) is 13.5. The summed E-state index contributed by atoms with van der Waals surface area (Å²) in [5.74, 6) is -0.485. The molecular weight excluding hydrogens is 392 g/mol. The maximum atomic E-state index is 12.7. The van der Waals surface area contributed by atoms with Crippen LogP contribution in [0.1, 0.15) is 31.2 Å². The number of imide groups is 1. The van der Waals surface area contributed by atoms with E-state index in [4.69, 9.17) is 23.8 Å². The minimum atomic E-state index is -0.242. The normalized spacial score (nSPS) is 21.7. The lowest BCUT2D eigenvalue weighted by Gasteiger charge is -2.16. The summed E-state index contributed by atoms with van der Waals surface area (Å²) >= 11 is 12.4. The number of hydrogen-bond acceptors (Lipinski definition) is 5. The minimum absolute atomic E-state index is 0.240. The highest BCUT2D eigenvalue weighted by Crippen LogP contribution is 2.37. The Hall–Kier alpha value is -1.96. The standard InChI is InChI=1S/C18H13ClN2O3S2/c19-13-6-5-10(7-9(13)8-14-15(25)20-18(24)26-14)21-16(22)11-3-1-2-4-12(11)17(21)23/h5-8H,1-4H2,(H,20,24,25). The van der Waals surface area contributed by atoms with E-state index in [1.54, 1.807) is 24.3 Å². The molecule has 1 aliphatic carbocycles. The van der Waals surface area contributed by atoms with Crippen molar-refractivity contribution in [3.63, 3.8) is 0 Å². The van der Waals surface area contributed by atoms with Crippen molar-refractivity contribution < 1.29 is 14.4 Å². The zero-order chi connectivity index (χ0) is 18.4. The second-order valence-corrected chi connectivity index (χ2v) is 8.00. The van der Waals surface area contributed by atoms with Crippen LogP contribution in [-0.2, 0) is 9.59 Å². The van der Waals surface area contributed by atoms with Crippen molar-refractivity contribution in [2.24, 2.45) is 0 Å². The van der Waals surface area contributed by atoms with Crippen LogP contribution in [0.4, 0.5) is 10.5 Å². The van der Waals surface area contributed by atoms with Gasteiger partial charge in [-0.25, -0.2) is 4.90 Å². The van der Waals surface area contributed by atoms with Gasteiger partial charge >= 0.3 is 0 Å². The highest BCUT2D eigenvalue weighted by atomic mass is 35.5. The number of anilines is 1. The van der Waals surface area contributed by atoms with E-state index in [1.807, 2.05) is 0 Å². The van der Waals surface area contributed by atoms with Gasteiger partial charge in [-0.2, -0.15) is 0 Å². The van der Waals surface area contributed by atoms with Crippen LogP contribution in [0, 0.1) is 0 Å². The van der Waals surface area contributed by atoms with Crippen LogP contribution in [0.15, 0.2) is 34.3 Å². The van der Waals surface area contributed by atoms with E-state index in [1.165, 1.54) is 4.90 Å². The number of carbonyl (C=O) groups excluding carboxylic acids is 3. The summed E-state index contributed by atoms with van der Waals surface area (Å²) in [6, 6.07) is 4.97. The van der Waals surface area contributed by atoms with Gasteiger partial charge in [0.2, 0.25) is 0 Å². The highest BCUT2D eigenvalue weighted by molar-refractivity contribution is 8.19. The smallest absolute Gasteiger partial charge is 0.289 e. The van der Waals surface area contributed by atoms with Crippen LogP contribution in [0.2, 0.25) is 5.02 Å². The summed E-state index contributed by atoms with van der Waals surface area (Å²) in [6.07, 6.45) is 4.85. The molecule has 1 fully saturated rings. The third-order valence-electron chi connectivity index (χ3n) is 4.56. The van der Waals surface area contributed by atoms with Crippen molar-refractivity contribution in [3.8, 4) is 0 Å². The van der Waals surface area contributed by atoms with Gasteiger partial charge < -0.3 is 5.32 Å². The molecule has 1 saturated heterocycles. The van der Waals surface area contributed by atoms with E-state index in [9.17, 15) is 14.4 Å². The number of thiocarbonyl (C=S) groups is 1. The molecule has 8 heteroatoms. The van der Waals surface area contributed by atoms with Crippen LogP contribution in [0.5, 0.6) is 0 Å². The molecule has 0 saturated carbocycles. The molecular formula is C18H13ClN2O3S2. The van der Waals surface area contributed by atoms with Crippen molar-refractivity contribution >= 4 is 69.4 Å². The third-order valence-corrected chi connectivity index (χ3v) is 6.18. The van der Waals surface area contributed by atoms with Crippen molar-refractivity contribution in [2.45, 2.75) is 25.7 Å². The van der Waals surface area contributed by atoms with Crippen molar-refractivity contribution in [2.75, 3.05) is 4.90 Å². The fraction of sp³-hybridized carbons (Fsp3) is 0.222. The average molecular weight is 405 g/mol. The van der Waals surface area contributed by atoms with E-state index < -0.39 is 0 Å². The maximum absolute atomic E-state index is 12.7. The van der Waals surface area contributed by atoms with Gasteiger partial charge in [-0.05, 0) is 67.3 Å². The Bertz CT molecular complexity index is 924. The number of carbonyl (C=O) groups is 3. The van der Waals surface area contributed by atoms with Crippen molar-refractivity contribution in [1.29, 1.82) is 0 Å². The minimum Gasteiger partial charge on any atom is -0.307 e. The van der Waals surface area contributed by atoms with Crippen LogP contribution >= 0.6 is 35.6 Å². The molecule has 0 bridgehead atoms. The van der Waals surface area contributed by atoms with Gasteiger partial charge in [0.05, 0.1) is 10.6 Å². The predicted molar refractivity (Wildman–Crippen MR) is 106 cm³/mol. The summed E-state index contributed by atoms with van der Waals surface area (Å²) in [6.45, 7) is 0. The number of nitrogens with zero attached hydrogens (tertiary/aromatic N) is 1. The summed E-state index contributed by atoms with van der Waals surface area (Å²) in [5, 5.41) is 2.75. The van der Waals surface area contributed by atoms with Crippen molar-refractivity contribution in [3.05, 3.63) is 44.8 Å². The number of amides is 3. The summed E-state index contributed by atoms with van der Waals surface area (Å²) in [7, 11) is 0. The highest BCUT2D eigenvalue weighted by Gasteiger charge is 2.39. The number of rotatable bonds is 2. The first-order valence-electron chi connectivity index (χ1n) is 8.11. The van der Waals surface area contributed by atoms with E-state index >= 15 is 0 Å². The van der Waals surface area contributed by atoms with Gasteiger partial charge in [-0.1, -0.05) is 23.8 Å². The van der Waals surface area contributed by atoms with Gasteiger partial charge in [0, 0.05) is 16.2 Å². The fourth-order valence-corrected chi connectivity index (χ4v) is 4.51. The van der Waals surface area contributed by atoms with Gasteiger partial charge in [0.15, 0.2) is 0 Å². The van der Waals surface area contributed by atoms with E-state index in [0.29, 0.717) is 50.2 Å². The SMILES string of the molecule is O=C1NC(=S)C(=Cc2cc(N3C(=O)C4=C(CCCC4)C3=O)ccc2Cl)S1. The Morgan fingerprint density at radius 1 is 1.12 bits per heavy atom. The number of halogens is 1. The fourth-order valence-electron chi connectivity index (χ4n) is 3.32. The summed E-state index contributed by atoms with van der Waals surface area (Å²) in [4.78, 5) is 39.0. The number of nitrogens with one attached hydrogen (secondary N) is 1. The van der Waals surface area contributed by atoms with E-state index in [2.05, 4.69) is 5.32 Å². The Morgan fingerprint density at radius 3 is 2.35 bits per heavy atom. The monoisotopic (exact) mass is 404 g/mol. The molecule has 4 rings (SSSR count). The van der Waals surface area contributed by atoms with Gasteiger partial charge in [-0.3, -0.25) is 14.4 Å². The topological polar surface area (TPSA) is 66.5 Å². The molecule has 1 N–H and O–H groups in total. The first kappa shape index (κ1) is 17.5. The molecule has 132 valence electrons. The molecule has 26 heavy (non-hydrogen) atoms. The van der Waals surface area contributed by atoms with E-state index in [0.717, 1.165) is 24.6 Å². The Labute approximate surface area is 164 Å². The first-order valence-corrected chi connectivity index (χ1v) is 9.71. The summed E-state index contributed by atoms with van der Waals surface area (Å²) < 4.78 is 0. The van der Waals surface area contributed by atoms with Gasteiger partial charge in [0.25, 0.3) is 17.1 Å². The predicted octanol–water partition coefficient (Wildman–Crippen LogP) is 4.21. The van der Waals surface area contributed by atoms with Crippen LogP contribution in [-0.4, -0.2) is 22.0 Å². The number of hydrogen-bond donors (Lipinski definition) is 1. The molecule has 0 radical (unpaired) electrons. The largest absolute Gasteiger partial charge is 0.307 e. The molecule has 1 aromatic rings. The number of benzene rings is 1. The molecule has 0 atom stereocenters. The molecule has 1 aromatic carbocycles. The lowest BCUT2D eigenvalue weighted by molar-refractivity contribution is -0.120. The Morgan fingerprint density at radius 2 is 1.77 bits per heavy atom. The molecule has 0 aromatic heterocycles.